The third-order valence-electron chi connectivity index (χ3n) is 5.85. The summed E-state index contributed by atoms with van der Waals surface area (Å²) < 4.78 is 0. The number of hydrogen-bond donors (Lipinski definition) is 2. The van der Waals surface area contributed by atoms with Crippen molar-refractivity contribution >= 4 is 22.8 Å². The van der Waals surface area contributed by atoms with Gasteiger partial charge in [-0.3, -0.25) is 9.59 Å². The summed E-state index contributed by atoms with van der Waals surface area (Å²) in [6, 6.07) is 4.07. The van der Waals surface area contributed by atoms with Gasteiger partial charge in [-0.15, -0.1) is 0 Å². The largest absolute Gasteiger partial charge is 0.355 e. The number of carbonyl (C=O) groups is 2. The molecule has 1 saturated carbocycles. The Morgan fingerprint density at radius 3 is 2.85 bits per heavy atom. The van der Waals surface area contributed by atoms with Crippen LogP contribution in [0.1, 0.15) is 44.1 Å². The number of rotatable bonds is 5. The number of nitrogens with one attached hydrogen (secondary N) is 2. The number of aromatic nitrogens is 2. The number of hydrogen-bond acceptors (Lipinski definition) is 3. The highest BCUT2D eigenvalue weighted by Crippen LogP contribution is 2.37. The van der Waals surface area contributed by atoms with Crippen LogP contribution >= 0.6 is 0 Å². The van der Waals surface area contributed by atoms with Crippen molar-refractivity contribution in [3.05, 3.63) is 30.1 Å². The highest BCUT2D eigenvalue weighted by Gasteiger charge is 2.38. The second-order valence-corrected chi connectivity index (χ2v) is 7.66. The van der Waals surface area contributed by atoms with E-state index in [-0.39, 0.29) is 17.7 Å². The minimum absolute atomic E-state index is 0.108. The monoisotopic (exact) mass is 354 g/mol. The number of H-pyrrole nitrogens is 1. The van der Waals surface area contributed by atoms with Crippen molar-refractivity contribution in [2.45, 2.75) is 38.5 Å². The van der Waals surface area contributed by atoms with E-state index < -0.39 is 0 Å². The van der Waals surface area contributed by atoms with Crippen molar-refractivity contribution in [3.8, 4) is 0 Å². The lowest BCUT2D eigenvalue weighted by Crippen LogP contribution is -2.39. The van der Waals surface area contributed by atoms with E-state index in [0.717, 1.165) is 38.0 Å². The Morgan fingerprint density at radius 1 is 1.35 bits per heavy atom. The first kappa shape index (κ1) is 17.1. The van der Waals surface area contributed by atoms with Crippen LogP contribution in [0.2, 0.25) is 0 Å². The number of amides is 2. The summed E-state index contributed by atoms with van der Waals surface area (Å²) in [5, 5.41) is 4.09. The minimum atomic E-state index is 0.108. The van der Waals surface area contributed by atoms with Crippen molar-refractivity contribution in [3.63, 3.8) is 0 Å². The van der Waals surface area contributed by atoms with Crippen LogP contribution in [0.25, 0.3) is 11.0 Å². The van der Waals surface area contributed by atoms with E-state index in [1.807, 2.05) is 11.0 Å². The van der Waals surface area contributed by atoms with Crippen molar-refractivity contribution < 1.29 is 9.59 Å². The summed E-state index contributed by atoms with van der Waals surface area (Å²) in [4.78, 5) is 33.7. The molecule has 1 aliphatic heterocycles. The van der Waals surface area contributed by atoms with Gasteiger partial charge in [-0.25, -0.2) is 4.98 Å². The van der Waals surface area contributed by atoms with Crippen molar-refractivity contribution in [2.24, 2.45) is 11.8 Å². The SMILES string of the molecule is C[C@H]1C[C@H]1C(=O)NCCC(=O)N1CCC(c2c[nH]c3ncccc23)CC1. The van der Waals surface area contributed by atoms with Crippen LogP contribution in [-0.2, 0) is 9.59 Å². The molecule has 0 aromatic carbocycles. The van der Waals surface area contributed by atoms with E-state index in [9.17, 15) is 9.59 Å². The summed E-state index contributed by atoms with van der Waals surface area (Å²) in [6.07, 6.45) is 7.19. The predicted octanol–water partition coefficient (Wildman–Crippen LogP) is 2.43. The Bertz CT molecular complexity index is 807. The molecule has 2 N–H and O–H groups in total. The van der Waals surface area contributed by atoms with Gasteiger partial charge in [0.2, 0.25) is 11.8 Å². The fourth-order valence-electron chi connectivity index (χ4n) is 4.02. The van der Waals surface area contributed by atoms with Gasteiger partial charge >= 0.3 is 0 Å². The number of nitrogens with zero attached hydrogens (tertiary/aromatic N) is 2. The lowest BCUT2D eigenvalue weighted by Gasteiger charge is -2.32. The van der Waals surface area contributed by atoms with E-state index in [2.05, 4.69) is 34.5 Å². The van der Waals surface area contributed by atoms with E-state index in [1.165, 1.54) is 10.9 Å². The molecule has 1 aliphatic carbocycles. The maximum atomic E-state index is 12.4. The van der Waals surface area contributed by atoms with Crippen LogP contribution in [0, 0.1) is 11.8 Å². The third-order valence-corrected chi connectivity index (χ3v) is 5.85. The van der Waals surface area contributed by atoms with Crippen LogP contribution in [0.15, 0.2) is 24.5 Å². The van der Waals surface area contributed by atoms with Gasteiger partial charge in [-0.2, -0.15) is 0 Å². The molecule has 2 amide bonds. The Kier molecular flexibility index (Phi) is 4.66. The Hall–Kier alpha value is -2.37. The maximum absolute atomic E-state index is 12.4. The van der Waals surface area contributed by atoms with Gasteiger partial charge in [0.15, 0.2) is 0 Å². The average Bonchev–Trinajstić information content (AvgIpc) is 3.25. The molecule has 26 heavy (non-hydrogen) atoms. The number of pyridine rings is 1. The zero-order valence-electron chi connectivity index (χ0n) is 15.2. The van der Waals surface area contributed by atoms with Crippen LogP contribution in [0.5, 0.6) is 0 Å². The summed E-state index contributed by atoms with van der Waals surface area (Å²) in [6.45, 7) is 4.10. The summed E-state index contributed by atoms with van der Waals surface area (Å²) >= 11 is 0. The molecule has 2 aromatic heterocycles. The van der Waals surface area contributed by atoms with E-state index in [0.29, 0.717) is 24.8 Å². The quantitative estimate of drug-likeness (QED) is 0.866. The third kappa shape index (κ3) is 3.45. The van der Waals surface area contributed by atoms with Crippen molar-refractivity contribution in [2.75, 3.05) is 19.6 Å². The zero-order chi connectivity index (χ0) is 18.1. The number of likely N-dealkylation sites (tertiary alicyclic amines) is 1. The smallest absolute Gasteiger partial charge is 0.224 e. The Labute approximate surface area is 153 Å². The van der Waals surface area contributed by atoms with E-state index >= 15 is 0 Å². The molecule has 0 unspecified atom stereocenters. The number of aromatic amines is 1. The van der Waals surface area contributed by atoms with Gasteiger partial charge < -0.3 is 15.2 Å². The first-order valence-electron chi connectivity index (χ1n) is 9.61. The topological polar surface area (TPSA) is 78.1 Å². The normalized spacial score (nSPS) is 23.2. The first-order valence-corrected chi connectivity index (χ1v) is 9.61. The molecule has 0 radical (unpaired) electrons. The molecular formula is C20H26N4O2. The van der Waals surface area contributed by atoms with Crippen LogP contribution in [0.4, 0.5) is 0 Å². The van der Waals surface area contributed by atoms with Gasteiger partial charge in [-0.05, 0) is 48.8 Å². The van der Waals surface area contributed by atoms with Crippen LogP contribution in [-0.4, -0.2) is 46.3 Å². The van der Waals surface area contributed by atoms with Crippen LogP contribution < -0.4 is 5.32 Å². The van der Waals surface area contributed by atoms with Crippen molar-refractivity contribution in [1.29, 1.82) is 0 Å². The number of carbonyl (C=O) groups excluding carboxylic acids is 2. The Balaban J connectivity index is 1.25. The molecule has 2 fully saturated rings. The van der Waals surface area contributed by atoms with E-state index in [4.69, 9.17) is 0 Å². The molecule has 3 heterocycles. The molecular weight excluding hydrogens is 328 g/mol. The minimum Gasteiger partial charge on any atom is -0.355 e. The summed E-state index contributed by atoms with van der Waals surface area (Å²) in [5.74, 6) is 1.40. The maximum Gasteiger partial charge on any atom is 0.224 e. The lowest BCUT2D eigenvalue weighted by atomic mass is 9.89. The fourth-order valence-corrected chi connectivity index (χ4v) is 4.02. The molecule has 2 aromatic rings. The van der Waals surface area contributed by atoms with Gasteiger partial charge in [0.05, 0.1) is 0 Å². The summed E-state index contributed by atoms with van der Waals surface area (Å²) in [5.41, 5.74) is 2.24. The molecule has 0 spiro atoms. The molecule has 6 heteroatoms. The molecule has 4 rings (SSSR count). The van der Waals surface area contributed by atoms with Crippen molar-refractivity contribution in [1.82, 2.24) is 20.2 Å². The molecule has 1 saturated heterocycles. The number of fused-ring (bicyclic) bond motifs is 1. The molecule has 2 atom stereocenters. The second-order valence-electron chi connectivity index (χ2n) is 7.66. The number of piperidine rings is 1. The van der Waals surface area contributed by atoms with E-state index in [1.54, 1.807) is 6.20 Å². The molecule has 6 nitrogen and oxygen atoms in total. The predicted molar refractivity (Wildman–Crippen MR) is 99.5 cm³/mol. The highest BCUT2D eigenvalue weighted by atomic mass is 16.2. The average molecular weight is 354 g/mol. The lowest BCUT2D eigenvalue weighted by molar-refractivity contribution is -0.132. The first-order chi connectivity index (χ1) is 12.6. The van der Waals surface area contributed by atoms with Gasteiger partial charge in [-0.1, -0.05) is 6.92 Å². The Morgan fingerprint density at radius 2 is 2.12 bits per heavy atom. The summed E-state index contributed by atoms with van der Waals surface area (Å²) in [7, 11) is 0. The molecule has 138 valence electrons. The second kappa shape index (κ2) is 7.09. The van der Waals surface area contributed by atoms with Crippen LogP contribution in [0.3, 0.4) is 0 Å². The zero-order valence-corrected chi connectivity index (χ0v) is 15.2. The highest BCUT2D eigenvalue weighted by molar-refractivity contribution is 5.83. The van der Waals surface area contributed by atoms with Gasteiger partial charge in [0, 0.05) is 49.8 Å². The molecule has 0 bridgehead atoms. The standard InChI is InChI=1S/C20H26N4O2/c1-13-11-16(13)20(26)22-8-4-18(25)24-9-5-14(6-10-24)17-12-23-19-15(17)3-2-7-21-19/h2-3,7,12-14,16H,4-6,8-11H2,1H3,(H,21,23)(H,22,26)/t13-,16+/m0/s1. The fraction of sp³-hybridized carbons (Fsp3) is 0.550. The van der Waals surface area contributed by atoms with Gasteiger partial charge in [0.25, 0.3) is 0 Å². The molecule has 2 aliphatic rings. The van der Waals surface area contributed by atoms with Gasteiger partial charge in [0.1, 0.15) is 5.65 Å².